The lowest BCUT2D eigenvalue weighted by Crippen LogP contribution is -2.10. The summed E-state index contributed by atoms with van der Waals surface area (Å²) in [7, 11) is 0. The van der Waals surface area contributed by atoms with E-state index in [0.717, 1.165) is 132 Å². The van der Waals surface area contributed by atoms with Gasteiger partial charge in [-0.1, -0.05) is 115 Å². The number of hydrogen-bond acceptors (Lipinski definition) is 5. The first-order valence-corrected chi connectivity index (χ1v) is 22.2. The first-order valence-electron chi connectivity index (χ1n) is 22.2. The maximum atomic E-state index is 6.25. The molecule has 0 aliphatic heterocycles. The van der Waals surface area contributed by atoms with Gasteiger partial charge in [0.2, 0.25) is 5.71 Å². The lowest BCUT2D eigenvalue weighted by Gasteiger charge is -2.26. The van der Waals surface area contributed by atoms with E-state index in [1.54, 1.807) is 0 Å². The summed E-state index contributed by atoms with van der Waals surface area (Å²) in [6.07, 6.45) is 0. The number of benzene rings is 10. The topological polar surface area (TPSA) is 55.6 Å². The predicted molar refractivity (Wildman–Crippen MR) is 272 cm³/mol. The van der Waals surface area contributed by atoms with Crippen LogP contribution in [0.4, 0.5) is 17.1 Å². The van der Waals surface area contributed by atoms with E-state index in [1.165, 1.54) is 0 Å². The monoisotopic (exact) mass is 844 g/mol. The minimum atomic E-state index is 0.642. The number of aromatic nitrogens is 1. The van der Waals surface area contributed by atoms with Gasteiger partial charge < -0.3 is 18.2 Å². The van der Waals surface area contributed by atoms with Gasteiger partial charge in [0.25, 0.3) is 0 Å². The molecular formula is C61H36N2O3. The molecule has 0 aliphatic carbocycles. The number of para-hydroxylation sites is 3. The van der Waals surface area contributed by atoms with Crippen molar-refractivity contribution in [3.05, 3.63) is 218 Å². The Morgan fingerprint density at radius 3 is 1.23 bits per heavy atom. The van der Waals surface area contributed by atoms with Crippen LogP contribution in [0.15, 0.2) is 232 Å². The van der Waals surface area contributed by atoms with Gasteiger partial charge >= 0.3 is 0 Å². The Hall–Kier alpha value is -8.93. The summed E-state index contributed by atoms with van der Waals surface area (Å²) in [6, 6.07) is 77.3. The summed E-state index contributed by atoms with van der Waals surface area (Å²) in [4.78, 5) is 7.30. The molecular weight excluding hydrogens is 809 g/mol. The molecule has 0 bridgehead atoms. The molecule has 0 atom stereocenters. The maximum Gasteiger partial charge on any atom is 0.227 e. The number of fused-ring (bicyclic) bond motifs is 11. The summed E-state index contributed by atoms with van der Waals surface area (Å²) in [5.74, 6) is 0. The quantitative estimate of drug-likeness (QED) is 0.167. The smallest absolute Gasteiger partial charge is 0.227 e. The van der Waals surface area contributed by atoms with Crippen LogP contribution in [0.2, 0.25) is 0 Å². The Kier molecular flexibility index (Phi) is 7.91. The fourth-order valence-electron chi connectivity index (χ4n) is 9.91. The van der Waals surface area contributed by atoms with Crippen molar-refractivity contribution in [2.45, 2.75) is 0 Å². The van der Waals surface area contributed by atoms with Gasteiger partial charge in [-0.15, -0.1) is 0 Å². The molecule has 0 spiro atoms. The molecule has 4 aromatic heterocycles. The highest BCUT2D eigenvalue weighted by molar-refractivity contribution is 6.08. The molecule has 0 saturated heterocycles. The van der Waals surface area contributed by atoms with Crippen molar-refractivity contribution >= 4 is 105 Å². The number of rotatable bonds is 6. The molecule has 0 saturated carbocycles. The lowest BCUT2D eigenvalue weighted by molar-refractivity contribution is 0.654. The largest absolute Gasteiger partial charge is 0.456 e. The zero-order chi connectivity index (χ0) is 43.3. The van der Waals surface area contributed by atoms with E-state index in [9.17, 15) is 0 Å². The van der Waals surface area contributed by atoms with Gasteiger partial charge in [-0.3, -0.25) is 0 Å². The van der Waals surface area contributed by atoms with Crippen molar-refractivity contribution in [3.63, 3.8) is 0 Å². The summed E-state index contributed by atoms with van der Waals surface area (Å²) >= 11 is 0. The van der Waals surface area contributed by atoms with Crippen LogP contribution in [-0.2, 0) is 0 Å². The van der Waals surface area contributed by atoms with Gasteiger partial charge in [0, 0.05) is 54.9 Å². The maximum absolute atomic E-state index is 6.25. The Morgan fingerprint density at radius 1 is 0.273 bits per heavy atom. The summed E-state index contributed by atoms with van der Waals surface area (Å²) in [6.45, 7) is 0. The third kappa shape index (κ3) is 5.91. The second-order valence-corrected chi connectivity index (χ2v) is 17.1. The molecule has 4 heterocycles. The zero-order valence-corrected chi connectivity index (χ0v) is 35.4. The van der Waals surface area contributed by atoms with Crippen LogP contribution in [-0.4, -0.2) is 4.98 Å². The van der Waals surface area contributed by atoms with Crippen LogP contribution >= 0.6 is 0 Å². The van der Waals surface area contributed by atoms with Crippen molar-refractivity contribution in [2.75, 3.05) is 4.90 Å². The lowest BCUT2D eigenvalue weighted by atomic mass is 9.98. The summed E-state index contributed by atoms with van der Waals surface area (Å²) in [5.41, 5.74) is 14.7. The number of anilines is 3. The summed E-state index contributed by atoms with van der Waals surface area (Å²) in [5, 5.41) is 11.3. The van der Waals surface area contributed by atoms with Crippen molar-refractivity contribution in [1.82, 2.24) is 4.98 Å². The van der Waals surface area contributed by atoms with Gasteiger partial charge in [0.15, 0.2) is 0 Å². The Labute approximate surface area is 378 Å². The Bertz CT molecular complexity index is 4050. The first kappa shape index (κ1) is 36.5. The third-order valence-electron chi connectivity index (χ3n) is 13.3. The molecule has 5 nitrogen and oxygen atoms in total. The average Bonchev–Trinajstić information content (AvgIpc) is 4.07. The van der Waals surface area contributed by atoms with Crippen molar-refractivity contribution in [3.8, 4) is 33.5 Å². The van der Waals surface area contributed by atoms with E-state index in [-0.39, 0.29) is 0 Å². The van der Waals surface area contributed by atoms with E-state index in [1.807, 2.05) is 42.5 Å². The molecule has 5 heteroatoms. The molecule has 0 fully saturated rings. The van der Waals surface area contributed by atoms with Crippen LogP contribution in [0.25, 0.3) is 121 Å². The highest BCUT2D eigenvalue weighted by atomic mass is 16.3. The van der Waals surface area contributed by atoms with Gasteiger partial charge in [-0.2, -0.15) is 0 Å². The molecule has 0 N–H and O–H groups in total. The molecule has 0 radical (unpaired) electrons. The molecule has 14 rings (SSSR count). The van der Waals surface area contributed by atoms with Gasteiger partial charge in [0.1, 0.15) is 27.9 Å². The van der Waals surface area contributed by atoms with Gasteiger partial charge in [0.05, 0.1) is 5.69 Å². The number of furan rings is 3. The SMILES string of the molecule is c1ccc2c(c1)oc1cc(-c3ccc4cc(N(c5ccc(-c6ccc7c(n6)oc6ccccc67)cc5)c5ccc6cc(-c7ccc8c(c7)oc7ccccc78)ccc6c5)ccc4c3)ccc12. The van der Waals surface area contributed by atoms with Gasteiger partial charge in [-0.25, -0.2) is 4.98 Å². The van der Waals surface area contributed by atoms with Gasteiger partial charge in [-0.05, 0) is 147 Å². The normalized spacial score (nSPS) is 11.9. The molecule has 66 heavy (non-hydrogen) atoms. The molecule has 0 aliphatic rings. The molecule has 0 unspecified atom stereocenters. The predicted octanol–water partition coefficient (Wildman–Crippen LogP) is 17.6. The fourth-order valence-corrected chi connectivity index (χ4v) is 9.91. The van der Waals surface area contributed by atoms with Crippen LogP contribution in [0.3, 0.4) is 0 Å². The second-order valence-electron chi connectivity index (χ2n) is 17.1. The van der Waals surface area contributed by atoms with E-state index >= 15 is 0 Å². The van der Waals surface area contributed by atoms with Crippen LogP contribution in [0, 0.1) is 0 Å². The van der Waals surface area contributed by atoms with E-state index in [2.05, 4.69) is 181 Å². The minimum Gasteiger partial charge on any atom is -0.456 e. The van der Waals surface area contributed by atoms with Crippen molar-refractivity contribution < 1.29 is 13.3 Å². The van der Waals surface area contributed by atoms with Crippen LogP contribution < -0.4 is 4.90 Å². The summed E-state index contributed by atoms with van der Waals surface area (Å²) < 4.78 is 18.7. The molecule has 0 amide bonds. The number of pyridine rings is 1. The van der Waals surface area contributed by atoms with Crippen LogP contribution in [0.1, 0.15) is 0 Å². The van der Waals surface area contributed by atoms with E-state index in [0.29, 0.717) is 5.71 Å². The van der Waals surface area contributed by atoms with E-state index in [4.69, 9.17) is 18.2 Å². The Balaban J connectivity index is 0.842. The van der Waals surface area contributed by atoms with Crippen molar-refractivity contribution in [2.24, 2.45) is 0 Å². The Morgan fingerprint density at radius 2 is 0.667 bits per heavy atom. The number of nitrogens with zero attached hydrogens (tertiary/aromatic N) is 2. The van der Waals surface area contributed by atoms with E-state index < -0.39 is 0 Å². The number of hydrogen-bond donors (Lipinski definition) is 0. The average molecular weight is 845 g/mol. The van der Waals surface area contributed by atoms with Crippen LogP contribution in [0.5, 0.6) is 0 Å². The minimum absolute atomic E-state index is 0.642. The molecule has 14 aromatic rings. The first-order chi connectivity index (χ1) is 32.6. The standard InChI is InChI=1S/C61H36N2O3/c1-4-10-56-49(7-1)52-27-21-44(35-59(52)64-56)38-13-15-42-33-47(25-19-40(42)31-38)63(46-23-17-37(18-24-46)55-30-29-54-51-9-3-6-12-58(51)66-61(54)62-55)48-26-20-41-32-39(14-16-43(41)34-48)45-22-28-53-50-8-2-5-11-57(50)65-60(53)36-45/h1-36H. The molecule has 308 valence electrons. The van der Waals surface area contributed by atoms with Crippen molar-refractivity contribution in [1.29, 1.82) is 0 Å². The third-order valence-corrected chi connectivity index (χ3v) is 13.3. The highest BCUT2D eigenvalue weighted by Gasteiger charge is 2.17. The zero-order valence-electron chi connectivity index (χ0n) is 35.4. The molecule has 10 aromatic carbocycles. The highest BCUT2D eigenvalue weighted by Crippen LogP contribution is 2.41. The second kappa shape index (κ2) is 14.3. The fraction of sp³-hybridized carbons (Fsp3) is 0.